The molecule has 6 heteroatoms. The van der Waals surface area contributed by atoms with Crippen LogP contribution in [0.4, 0.5) is 0 Å². The molecule has 0 unspecified atom stereocenters. The summed E-state index contributed by atoms with van der Waals surface area (Å²) in [6.45, 7) is 2.98. The molecule has 0 amide bonds. The SMILES string of the molecule is C[N+](C)(C)CCOc1ccc2[nH]c3ccc(OCC[N+](C)(C)C)cc3c(=O)c2c1. The van der Waals surface area contributed by atoms with Crippen molar-refractivity contribution in [2.24, 2.45) is 0 Å². The number of aromatic amines is 1. The highest BCUT2D eigenvalue weighted by atomic mass is 16.5. The Balaban J connectivity index is 1.86. The number of quaternary nitrogens is 2. The third kappa shape index (κ3) is 5.71. The van der Waals surface area contributed by atoms with Crippen LogP contribution in [0, 0.1) is 0 Å². The molecule has 156 valence electrons. The smallest absolute Gasteiger partial charge is 0.197 e. The lowest BCUT2D eigenvalue weighted by molar-refractivity contribution is -0.870. The van der Waals surface area contributed by atoms with E-state index in [0.29, 0.717) is 35.5 Å². The molecule has 1 heterocycles. The number of hydrogen-bond donors (Lipinski definition) is 1. The molecule has 0 aliphatic rings. The van der Waals surface area contributed by atoms with Crippen molar-refractivity contribution in [3.05, 3.63) is 46.6 Å². The number of benzene rings is 2. The van der Waals surface area contributed by atoms with Gasteiger partial charge in [0.25, 0.3) is 0 Å². The van der Waals surface area contributed by atoms with Crippen LogP contribution in [0.15, 0.2) is 41.2 Å². The topological polar surface area (TPSA) is 51.3 Å². The van der Waals surface area contributed by atoms with E-state index in [0.717, 1.165) is 33.1 Å². The second-order valence-corrected chi connectivity index (χ2v) is 9.59. The Bertz CT molecular complexity index is 978. The third-order valence-electron chi connectivity index (χ3n) is 4.80. The van der Waals surface area contributed by atoms with Gasteiger partial charge in [-0.25, -0.2) is 0 Å². The zero-order chi connectivity index (χ0) is 21.2. The van der Waals surface area contributed by atoms with Gasteiger partial charge in [0.2, 0.25) is 0 Å². The molecule has 0 spiro atoms. The van der Waals surface area contributed by atoms with Crippen LogP contribution < -0.4 is 14.9 Å². The van der Waals surface area contributed by atoms with Crippen LogP contribution in [0.25, 0.3) is 21.8 Å². The highest BCUT2D eigenvalue weighted by Crippen LogP contribution is 2.23. The van der Waals surface area contributed by atoms with Crippen molar-refractivity contribution in [2.75, 3.05) is 68.6 Å². The van der Waals surface area contributed by atoms with Crippen molar-refractivity contribution in [1.29, 1.82) is 0 Å². The van der Waals surface area contributed by atoms with E-state index in [1.54, 1.807) is 0 Å². The number of nitrogens with one attached hydrogen (secondary N) is 1. The van der Waals surface area contributed by atoms with Crippen molar-refractivity contribution in [3.8, 4) is 11.5 Å². The van der Waals surface area contributed by atoms with Gasteiger partial charge in [0.1, 0.15) is 37.8 Å². The number of ether oxygens (including phenoxy) is 2. The lowest BCUT2D eigenvalue weighted by Crippen LogP contribution is -2.38. The number of H-pyrrole nitrogens is 1. The van der Waals surface area contributed by atoms with Crippen LogP contribution in [0.2, 0.25) is 0 Å². The van der Waals surface area contributed by atoms with Gasteiger partial charge in [-0.05, 0) is 36.4 Å². The number of aromatic nitrogens is 1. The second-order valence-electron chi connectivity index (χ2n) is 9.59. The van der Waals surface area contributed by atoms with Gasteiger partial charge >= 0.3 is 0 Å². The molecule has 3 rings (SSSR count). The lowest BCUT2D eigenvalue weighted by Gasteiger charge is -2.23. The van der Waals surface area contributed by atoms with Crippen molar-refractivity contribution in [1.82, 2.24) is 4.98 Å². The Labute approximate surface area is 172 Å². The van der Waals surface area contributed by atoms with Gasteiger partial charge in [0.05, 0.1) is 53.3 Å². The fraction of sp³-hybridized carbons (Fsp3) is 0.435. The first-order chi connectivity index (χ1) is 13.5. The Morgan fingerprint density at radius 2 is 1.14 bits per heavy atom. The maximum Gasteiger partial charge on any atom is 0.197 e. The van der Waals surface area contributed by atoms with E-state index < -0.39 is 0 Å². The monoisotopic (exact) mass is 399 g/mol. The normalized spacial score (nSPS) is 12.5. The number of hydrogen-bond acceptors (Lipinski definition) is 3. The van der Waals surface area contributed by atoms with E-state index in [2.05, 4.69) is 47.3 Å². The van der Waals surface area contributed by atoms with Gasteiger partial charge in [-0.3, -0.25) is 4.79 Å². The summed E-state index contributed by atoms with van der Waals surface area (Å²) < 4.78 is 13.4. The van der Waals surface area contributed by atoms with Crippen LogP contribution in [0.1, 0.15) is 0 Å². The number of likely N-dealkylation sites (N-methyl/N-ethyl adjacent to an activating group) is 2. The van der Waals surface area contributed by atoms with E-state index in [1.807, 2.05) is 36.4 Å². The molecular weight excluding hydrogens is 366 g/mol. The summed E-state index contributed by atoms with van der Waals surface area (Å²) in [5.41, 5.74) is 1.60. The molecule has 3 aromatic rings. The van der Waals surface area contributed by atoms with Crippen molar-refractivity contribution in [2.45, 2.75) is 0 Å². The van der Waals surface area contributed by atoms with E-state index >= 15 is 0 Å². The first-order valence-corrected chi connectivity index (χ1v) is 9.98. The Morgan fingerprint density at radius 1 is 0.724 bits per heavy atom. The third-order valence-corrected chi connectivity index (χ3v) is 4.80. The zero-order valence-electron chi connectivity index (χ0n) is 18.4. The van der Waals surface area contributed by atoms with Crippen molar-refractivity contribution >= 4 is 21.8 Å². The molecule has 1 N–H and O–H groups in total. The average molecular weight is 400 g/mol. The summed E-state index contributed by atoms with van der Waals surface area (Å²) in [6, 6.07) is 11.3. The Hall–Kier alpha value is -2.57. The van der Waals surface area contributed by atoms with Gasteiger partial charge < -0.3 is 23.4 Å². The summed E-state index contributed by atoms with van der Waals surface area (Å²) >= 11 is 0. The standard InChI is InChI=1S/C23H32N3O3/c1-25(2,3)11-13-28-17-7-9-21-19(15-17)23(27)20-16-18(8-10-22(20)24-21)29-14-12-26(4,5)6/h7-10,15-16H,11-14H2,1-6H3/q+1/p+1. The van der Waals surface area contributed by atoms with Gasteiger partial charge in [-0.2, -0.15) is 0 Å². The molecule has 2 aromatic carbocycles. The Morgan fingerprint density at radius 3 is 1.52 bits per heavy atom. The van der Waals surface area contributed by atoms with Gasteiger partial charge in [-0.15, -0.1) is 0 Å². The lowest BCUT2D eigenvalue weighted by atomic mass is 10.1. The maximum atomic E-state index is 13.1. The first kappa shape index (κ1) is 21.1. The summed E-state index contributed by atoms with van der Waals surface area (Å²) in [5.74, 6) is 1.43. The quantitative estimate of drug-likeness (QED) is 0.468. The molecule has 0 bridgehead atoms. The maximum absolute atomic E-state index is 13.1. The fourth-order valence-corrected chi connectivity index (χ4v) is 2.98. The molecule has 0 fully saturated rings. The van der Waals surface area contributed by atoms with Crippen LogP contribution in [-0.4, -0.2) is 82.5 Å². The van der Waals surface area contributed by atoms with Gasteiger partial charge in [0, 0.05) is 10.8 Å². The molecule has 0 saturated heterocycles. The molecule has 1 aromatic heterocycles. The Kier molecular flexibility index (Phi) is 5.87. The molecule has 0 radical (unpaired) electrons. The minimum absolute atomic E-state index is 0.0112. The van der Waals surface area contributed by atoms with Gasteiger partial charge in [0.15, 0.2) is 5.43 Å². The number of fused-ring (bicyclic) bond motifs is 2. The molecule has 0 saturated carbocycles. The second kappa shape index (κ2) is 8.05. The van der Waals surface area contributed by atoms with E-state index in [4.69, 9.17) is 9.47 Å². The fourth-order valence-electron chi connectivity index (χ4n) is 2.98. The first-order valence-electron chi connectivity index (χ1n) is 9.98. The number of rotatable bonds is 8. The summed E-state index contributed by atoms with van der Waals surface area (Å²) in [4.78, 5) is 16.5. The van der Waals surface area contributed by atoms with Crippen LogP contribution in [-0.2, 0) is 0 Å². The number of pyridine rings is 1. The van der Waals surface area contributed by atoms with Crippen LogP contribution in [0.5, 0.6) is 11.5 Å². The predicted molar refractivity (Wildman–Crippen MR) is 119 cm³/mol. The minimum Gasteiger partial charge on any atom is -0.488 e. The summed E-state index contributed by atoms with van der Waals surface area (Å²) in [7, 11) is 12.8. The van der Waals surface area contributed by atoms with Crippen LogP contribution in [0.3, 0.4) is 0 Å². The van der Waals surface area contributed by atoms with Crippen molar-refractivity contribution in [3.63, 3.8) is 0 Å². The largest absolute Gasteiger partial charge is 0.488 e. The van der Waals surface area contributed by atoms with E-state index in [1.165, 1.54) is 0 Å². The minimum atomic E-state index is -0.0112. The molecule has 6 nitrogen and oxygen atoms in total. The highest BCUT2D eigenvalue weighted by Gasteiger charge is 2.11. The zero-order valence-corrected chi connectivity index (χ0v) is 18.4. The molecule has 0 aliphatic heterocycles. The molecule has 0 aliphatic carbocycles. The van der Waals surface area contributed by atoms with Crippen LogP contribution >= 0.6 is 0 Å². The van der Waals surface area contributed by atoms with E-state index in [-0.39, 0.29) is 5.43 Å². The molecule has 29 heavy (non-hydrogen) atoms. The predicted octanol–water partition coefficient (Wildman–Crippen LogP) is 2.85. The van der Waals surface area contributed by atoms with E-state index in [9.17, 15) is 4.79 Å². The average Bonchev–Trinajstić information content (AvgIpc) is 2.61. The number of nitrogens with zero attached hydrogens (tertiary/aromatic N) is 2. The summed E-state index contributed by atoms with van der Waals surface area (Å²) in [6.07, 6.45) is 0. The summed E-state index contributed by atoms with van der Waals surface area (Å²) in [5, 5.41) is 1.26. The molecular formula is C23H33N3O3+2. The molecule has 0 atom stereocenters. The highest BCUT2D eigenvalue weighted by molar-refractivity contribution is 5.93. The van der Waals surface area contributed by atoms with Gasteiger partial charge in [-0.1, -0.05) is 0 Å². The van der Waals surface area contributed by atoms with Crippen molar-refractivity contribution < 1.29 is 18.4 Å².